The zero-order valence-corrected chi connectivity index (χ0v) is 12.7. The third-order valence-corrected chi connectivity index (χ3v) is 3.24. The van der Waals surface area contributed by atoms with E-state index in [9.17, 15) is 13.2 Å². The number of alkyl halides is 3. The van der Waals surface area contributed by atoms with Crippen molar-refractivity contribution in [2.45, 2.75) is 6.18 Å². The van der Waals surface area contributed by atoms with Crippen LogP contribution >= 0.6 is 11.8 Å². The van der Waals surface area contributed by atoms with Crippen LogP contribution in [0.25, 0.3) is 0 Å². The second-order valence-electron chi connectivity index (χ2n) is 4.39. The summed E-state index contributed by atoms with van der Waals surface area (Å²) in [5.74, 6) is 1.67. The van der Waals surface area contributed by atoms with Gasteiger partial charge in [0.1, 0.15) is 22.6 Å². The average molecular weight is 339 g/mol. The largest absolute Gasteiger partial charge is 0.493 e. The highest BCUT2D eigenvalue weighted by molar-refractivity contribution is 8.03. The molecule has 0 saturated heterocycles. The monoisotopic (exact) mass is 339 g/mol. The lowest BCUT2D eigenvalue weighted by Crippen LogP contribution is -2.04. The molecule has 0 saturated carbocycles. The molecule has 0 aliphatic rings. The molecule has 2 rings (SSSR count). The van der Waals surface area contributed by atoms with Crippen molar-refractivity contribution in [2.24, 2.45) is 0 Å². The maximum atomic E-state index is 12.6. The van der Waals surface area contributed by atoms with E-state index in [1.165, 1.54) is 12.1 Å². The van der Waals surface area contributed by atoms with Crippen LogP contribution in [-0.2, 0) is 6.18 Å². The number of benzene rings is 2. The van der Waals surface area contributed by atoms with Gasteiger partial charge < -0.3 is 9.47 Å². The molecular formula is C16H12F3NO2S. The number of nitriles is 1. The summed E-state index contributed by atoms with van der Waals surface area (Å²) in [7, 11) is 0. The summed E-state index contributed by atoms with van der Waals surface area (Å²) >= 11 is 1.10. The van der Waals surface area contributed by atoms with Gasteiger partial charge in [0, 0.05) is 5.75 Å². The first kappa shape index (κ1) is 17.0. The van der Waals surface area contributed by atoms with Crippen molar-refractivity contribution in [3.05, 3.63) is 54.1 Å². The SMILES string of the molecule is N#CSCCOc1ccc(Oc2cccc(C(F)(F)F)c2)cc1. The quantitative estimate of drug-likeness (QED) is 0.543. The zero-order valence-electron chi connectivity index (χ0n) is 11.8. The van der Waals surface area contributed by atoms with Crippen molar-refractivity contribution >= 4 is 11.8 Å². The number of rotatable bonds is 6. The molecular weight excluding hydrogens is 327 g/mol. The summed E-state index contributed by atoms with van der Waals surface area (Å²) in [5, 5.41) is 10.3. The van der Waals surface area contributed by atoms with Crippen LogP contribution in [-0.4, -0.2) is 12.4 Å². The fourth-order valence-electron chi connectivity index (χ4n) is 1.72. The van der Waals surface area contributed by atoms with Crippen molar-refractivity contribution in [3.63, 3.8) is 0 Å². The van der Waals surface area contributed by atoms with Gasteiger partial charge in [-0.3, -0.25) is 0 Å². The molecule has 0 aliphatic carbocycles. The molecule has 7 heteroatoms. The lowest BCUT2D eigenvalue weighted by Gasteiger charge is -2.10. The molecule has 0 fully saturated rings. The molecule has 0 atom stereocenters. The number of hydrogen-bond acceptors (Lipinski definition) is 4. The minimum absolute atomic E-state index is 0.110. The predicted octanol–water partition coefficient (Wildman–Crippen LogP) is 5.09. The van der Waals surface area contributed by atoms with Crippen LogP contribution in [0.1, 0.15) is 5.56 Å². The molecule has 23 heavy (non-hydrogen) atoms. The lowest BCUT2D eigenvalue weighted by atomic mass is 10.2. The van der Waals surface area contributed by atoms with E-state index >= 15 is 0 Å². The van der Waals surface area contributed by atoms with Crippen LogP contribution < -0.4 is 9.47 Å². The predicted molar refractivity (Wildman–Crippen MR) is 81.5 cm³/mol. The highest BCUT2D eigenvalue weighted by Gasteiger charge is 2.30. The first-order valence-electron chi connectivity index (χ1n) is 6.58. The molecule has 2 aromatic rings. The Labute approximate surface area is 135 Å². The van der Waals surface area contributed by atoms with Crippen LogP contribution in [0, 0.1) is 10.7 Å². The van der Waals surface area contributed by atoms with Crippen LogP contribution in [0.5, 0.6) is 17.2 Å². The van der Waals surface area contributed by atoms with Gasteiger partial charge in [0.2, 0.25) is 0 Å². The van der Waals surface area contributed by atoms with E-state index in [1.54, 1.807) is 24.3 Å². The summed E-state index contributed by atoms with van der Waals surface area (Å²) < 4.78 is 48.7. The molecule has 0 radical (unpaired) electrons. The molecule has 3 nitrogen and oxygen atoms in total. The Morgan fingerprint density at radius 1 is 1.00 bits per heavy atom. The molecule has 0 bridgehead atoms. The van der Waals surface area contributed by atoms with Crippen LogP contribution in [0.2, 0.25) is 0 Å². The Morgan fingerprint density at radius 2 is 1.70 bits per heavy atom. The van der Waals surface area contributed by atoms with Gasteiger partial charge in [-0.2, -0.15) is 18.4 Å². The Hall–Kier alpha value is -2.33. The normalized spacial score (nSPS) is 10.9. The van der Waals surface area contributed by atoms with E-state index in [1.807, 2.05) is 5.40 Å². The highest BCUT2D eigenvalue weighted by atomic mass is 32.2. The fraction of sp³-hybridized carbons (Fsp3) is 0.188. The van der Waals surface area contributed by atoms with Crippen molar-refractivity contribution in [1.82, 2.24) is 0 Å². The summed E-state index contributed by atoms with van der Waals surface area (Å²) in [5.41, 5.74) is -0.759. The molecule has 120 valence electrons. The molecule has 0 N–H and O–H groups in total. The van der Waals surface area contributed by atoms with Crippen molar-refractivity contribution in [3.8, 4) is 22.6 Å². The van der Waals surface area contributed by atoms with Gasteiger partial charge >= 0.3 is 6.18 Å². The van der Waals surface area contributed by atoms with Crippen LogP contribution in [0.3, 0.4) is 0 Å². The van der Waals surface area contributed by atoms with E-state index in [2.05, 4.69) is 0 Å². The Balaban J connectivity index is 1.97. The van der Waals surface area contributed by atoms with Gasteiger partial charge in [0.25, 0.3) is 0 Å². The van der Waals surface area contributed by atoms with Crippen molar-refractivity contribution in [1.29, 1.82) is 5.26 Å². The molecule has 0 amide bonds. The second kappa shape index (κ2) is 7.79. The standard InChI is InChI=1S/C16H12F3NO2S/c17-16(18,19)12-2-1-3-15(10-12)22-14-6-4-13(5-7-14)21-8-9-23-11-20/h1-7,10H,8-9H2. The summed E-state index contributed by atoms with van der Waals surface area (Å²) in [6.07, 6.45) is -4.40. The molecule has 0 heterocycles. The van der Waals surface area contributed by atoms with Gasteiger partial charge in [-0.05, 0) is 54.2 Å². The van der Waals surface area contributed by atoms with Gasteiger partial charge in [0.15, 0.2) is 0 Å². The van der Waals surface area contributed by atoms with E-state index in [4.69, 9.17) is 14.7 Å². The highest BCUT2D eigenvalue weighted by Crippen LogP contribution is 2.32. The Morgan fingerprint density at radius 3 is 2.35 bits per heavy atom. The molecule has 2 aromatic carbocycles. The molecule has 0 aromatic heterocycles. The van der Waals surface area contributed by atoms with Crippen LogP contribution in [0.15, 0.2) is 48.5 Å². The number of halogens is 3. The fourth-order valence-corrected chi connectivity index (χ4v) is 1.98. The van der Waals surface area contributed by atoms with Gasteiger partial charge in [-0.25, -0.2) is 0 Å². The van der Waals surface area contributed by atoms with E-state index in [0.717, 1.165) is 23.9 Å². The maximum Gasteiger partial charge on any atom is 0.416 e. The number of ether oxygens (including phenoxy) is 2. The number of nitrogens with zero attached hydrogens (tertiary/aromatic N) is 1. The summed E-state index contributed by atoms with van der Waals surface area (Å²) in [6.45, 7) is 0.395. The molecule has 0 aliphatic heterocycles. The first-order valence-corrected chi connectivity index (χ1v) is 7.56. The van der Waals surface area contributed by atoms with E-state index in [0.29, 0.717) is 23.9 Å². The van der Waals surface area contributed by atoms with E-state index < -0.39 is 11.7 Å². The minimum atomic E-state index is -4.40. The average Bonchev–Trinajstić information content (AvgIpc) is 2.53. The maximum absolute atomic E-state index is 12.6. The third kappa shape index (κ3) is 5.42. The number of thioether (sulfide) groups is 1. The van der Waals surface area contributed by atoms with Crippen LogP contribution in [0.4, 0.5) is 13.2 Å². The summed E-state index contributed by atoms with van der Waals surface area (Å²) in [4.78, 5) is 0. The zero-order chi connectivity index (χ0) is 16.7. The Bertz CT molecular complexity index is 681. The summed E-state index contributed by atoms with van der Waals surface area (Å²) in [6, 6.07) is 11.2. The number of hydrogen-bond donors (Lipinski definition) is 0. The van der Waals surface area contributed by atoms with E-state index in [-0.39, 0.29) is 5.75 Å². The third-order valence-electron chi connectivity index (χ3n) is 2.74. The lowest BCUT2D eigenvalue weighted by molar-refractivity contribution is -0.137. The number of thiocyanates is 1. The molecule has 0 unspecified atom stereocenters. The van der Waals surface area contributed by atoms with Gasteiger partial charge in [0.05, 0.1) is 12.2 Å². The van der Waals surface area contributed by atoms with Gasteiger partial charge in [-0.15, -0.1) is 0 Å². The second-order valence-corrected chi connectivity index (χ2v) is 5.27. The smallest absolute Gasteiger partial charge is 0.416 e. The van der Waals surface area contributed by atoms with Gasteiger partial charge in [-0.1, -0.05) is 6.07 Å². The topological polar surface area (TPSA) is 42.2 Å². The minimum Gasteiger partial charge on any atom is -0.493 e. The molecule has 0 spiro atoms. The first-order chi connectivity index (χ1) is 11.0. The van der Waals surface area contributed by atoms with Crippen molar-refractivity contribution in [2.75, 3.05) is 12.4 Å². The van der Waals surface area contributed by atoms with Crippen molar-refractivity contribution < 1.29 is 22.6 Å². The Kier molecular flexibility index (Phi) is 5.77.